The van der Waals surface area contributed by atoms with Gasteiger partial charge in [0.1, 0.15) is 0 Å². The quantitative estimate of drug-likeness (QED) is 0.698. The van der Waals surface area contributed by atoms with Crippen molar-refractivity contribution in [3.8, 4) is 6.07 Å². The SMILES string of the molecule is Cc1ccc(C#N)cc1S(=O)(=O)NCC(C)(O)CO. The molecule has 1 atom stereocenters. The average molecular weight is 284 g/mol. The molecule has 3 N–H and O–H groups in total. The Morgan fingerprint density at radius 1 is 1.47 bits per heavy atom. The van der Waals surface area contributed by atoms with Crippen molar-refractivity contribution >= 4 is 10.0 Å². The van der Waals surface area contributed by atoms with E-state index in [2.05, 4.69) is 4.72 Å². The molecule has 104 valence electrons. The first-order valence-electron chi connectivity index (χ1n) is 5.55. The van der Waals surface area contributed by atoms with Crippen molar-refractivity contribution in [1.82, 2.24) is 4.72 Å². The number of nitrogens with zero attached hydrogens (tertiary/aromatic N) is 1. The van der Waals surface area contributed by atoms with Crippen LogP contribution in [0.15, 0.2) is 23.1 Å². The number of nitriles is 1. The van der Waals surface area contributed by atoms with E-state index < -0.39 is 22.2 Å². The van der Waals surface area contributed by atoms with Crippen molar-refractivity contribution in [2.75, 3.05) is 13.2 Å². The molecule has 19 heavy (non-hydrogen) atoms. The fraction of sp³-hybridized carbons (Fsp3) is 0.417. The highest BCUT2D eigenvalue weighted by Crippen LogP contribution is 2.17. The van der Waals surface area contributed by atoms with Gasteiger partial charge in [-0.05, 0) is 31.5 Å². The van der Waals surface area contributed by atoms with Crippen LogP contribution in [0.1, 0.15) is 18.1 Å². The molecule has 0 fully saturated rings. The molecule has 0 spiro atoms. The van der Waals surface area contributed by atoms with Gasteiger partial charge in [0.05, 0.1) is 28.7 Å². The molecule has 0 aliphatic carbocycles. The van der Waals surface area contributed by atoms with Gasteiger partial charge < -0.3 is 10.2 Å². The van der Waals surface area contributed by atoms with E-state index in [4.69, 9.17) is 10.4 Å². The molecule has 0 radical (unpaired) electrons. The molecule has 0 saturated carbocycles. The van der Waals surface area contributed by atoms with E-state index in [1.807, 2.05) is 6.07 Å². The van der Waals surface area contributed by atoms with Gasteiger partial charge >= 0.3 is 0 Å². The van der Waals surface area contributed by atoms with Crippen LogP contribution in [0.3, 0.4) is 0 Å². The summed E-state index contributed by atoms with van der Waals surface area (Å²) in [6.45, 7) is 2.04. The zero-order valence-electron chi connectivity index (χ0n) is 10.7. The Bertz CT molecular complexity index is 603. The maximum absolute atomic E-state index is 12.1. The summed E-state index contributed by atoms with van der Waals surface area (Å²) in [4.78, 5) is -0.0136. The third-order valence-electron chi connectivity index (χ3n) is 2.59. The van der Waals surface area contributed by atoms with Gasteiger partial charge in [-0.2, -0.15) is 5.26 Å². The van der Waals surface area contributed by atoms with E-state index in [-0.39, 0.29) is 17.0 Å². The lowest BCUT2D eigenvalue weighted by Gasteiger charge is -2.21. The van der Waals surface area contributed by atoms with Gasteiger partial charge in [-0.1, -0.05) is 6.07 Å². The van der Waals surface area contributed by atoms with Gasteiger partial charge in [0.2, 0.25) is 10.0 Å². The summed E-state index contributed by atoms with van der Waals surface area (Å²) in [5, 5.41) is 27.2. The second-order valence-corrected chi connectivity index (χ2v) is 6.31. The van der Waals surface area contributed by atoms with Crippen LogP contribution in [0.25, 0.3) is 0 Å². The van der Waals surface area contributed by atoms with Crippen LogP contribution in [0.4, 0.5) is 0 Å². The molecule has 1 aromatic rings. The second kappa shape index (κ2) is 5.67. The van der Waals surface area contributed by atoms with Crippen molar-refractivity contribution in [2.24, 2.45) is 0 Å². The highest BCUT2D eigenvalue weighted by atomic mass is 32.2. The molecule has 0 bridgehead atoms. The van der Waals surface area contributed by atoms with Gasteiger partial charge in [0.15, 0.2) is 0 Å². The van der Waals surface area contributed by atoms with Crippen molar-refractivity contribution in [2.45, 2.75) is 24.3 Å². The lowest BCUT2D eigenvalue weighted by molar-refractivity contribution is 0.00681. The Morgan fingerprint density at radius 2 is 2.11 bits per heavy atom. The standard InChI is InChI=1S/C12H16N2O4S/c1-9-3-4-10(6-13)5-11(9)19(17,18)14-7-12(2,16)8-15/h3-5,14-16H,7-8H2,1-2H3. The highest BCUT2D eigenvalue weighted by Gasteiger charge is 2.24. The van der Waals surface area contributed by atoms with E-state index in [1.54, 1.807) is 6.92 Å². The summed E-state index contributed by atoms with van der Waals surface area (Å²) >= 11 is 0. The lowest BCUT2D eigenvalue weighted by atomic mass is 10.1. The van der Waals surface area contributed by atoms with E-state index in [0.29, 0.717) is 5.56 Å². The van der Waals surface area contributed by atoms with E-state index >= 15 is 0 Å². The van der Waals surface area contributed by atoms with Crippen LogP contribution in [-0.2, 0) is 10.0 Å². The van der Waals surface area contributed by atoms with Crippen LogP contribution in [-0.4, -0.2) is 37.4 Å². The van der Waals surface area contributed by atoms with Gasteiger partial charge in [-0.25, -0.2) is 13.1 Å². The minimum Gasteiger partial charge on any atom is -0.393 e. The van der Waals surface area contributed by atoms with Gasteiger partial charge in [-0.15, -0.1) is 0 Å². The van der Waals surface area contributed by atoms with E-state index in [1.165, 1.54) is 25.1 Å². The molecule has 0 amide bonds. The maximum atomic E-state index is 12.1. The predicted molar refractivity (Wildman–Crippen MR) is 68.8 cm³/mol. The number of benzene rings is 1. The number of aliphatic hydroxyl groups is 2. The summed E-state index contributed by atoms with van der Waals surface area (Å²) in [5.74, 6) is 0. The normalized spacial score (nSPS) is 14.7. The maximum Gasteiger partial charge on any atom is 0.240 e. The summed E-state index contributed by atoms with van der Waals surface area (Å²) in [5.41, 5.74) is -0.802. The number of rotatable bonds is 5. The number of hydrogen-bond donors (Lipinski definition) is 3. The lowest BCUT2D eigenvalue weighted by Crippen LogP contribution is -2.43. The Morgan fingerprint density at radius 3 is 2.63 bits per heavy atom. The van der Waals surface area contributed by atoms with Crippen molar-refractivity contribution < 1.29 is 18.6 Å². The average Bonchev–Trinajstić information content (AvgIpc) is 2.37. The predicted octanol–water partition coefficient (Wildman–Crippen LogP) is -0.112. The van der Waals surface area contributed by atoms with Gasteiger partial charge in [0, 0.05) is 6.54 Å². The van der Waals surface area contributed by atoms with Crippen molar-refractivity contribution in [3.63, 3.8) is 0 Å². The first-order chi connectivity index (χ1) is 8.72. The molecule has 0 aliphatic heterocycles. The van der Waals surface area contributed by atoms with E-state index in [9.17, 15) is 13.5 Å². The fourth-order valence-electron chi connectivity index (χ4n) is 1.34. The van der Waals surface area contributed by atoms with Crippen molar-refractivity contribution in [1.29, 1.82) is 5.26 Å². The minimum atomic E-state index is -3.84. The Hall–Kier alpha value is -1.46. The molecule has 0 aliphatic rings. The number of aryl methyl sites for hydroxylation is 1. The van der Waals surface area contributed by atoms with Crippen molar-refractivity contribution in [3.05, 3.63) is 29.3 Å². The van der Waals surface area contributed by atoms with Crippen LogP contribution >= 0.6 is 0 Å². The summed E-state index contributed by atoms with van der Waals surface area (Å²) < 4.78 is 26.4. The fourth-order valence-corrected chi connectivity index (χ4v) is 2.77. The van der Waals surface area contributed by atoms with Crippen LogP contribution in [0, 0.1) is 18.3 Å². The zero-order valence-corrected chi connectivity index (χ0v) is 11.5. The smallest absolute Gasteiger partial charge is 0.240 e. The number of sulfonamides is 1. The summed E-state index contributed by atoms with van der Waals surface area (Å²) in [6, 6.07) is 6.20. The molecular formula is C12H16N2O4S. The molecule has 0 heterocycles. The highest BCUT2D eigenvalue weighted by molar-refractivity contribution is 7.89. The molecule has 0 saturated heterocycles. The minimum absolute atomic E-state index is 0.0136. The largest absolute Gasteiger partial charge is 0.393 e. The van der Waals surface area contributed by atoms with Gasteiger partial charge in [0.25, 0.3) is 0 Å². The third kappa shape index (κ3) is 4.01. The second-order valence-electron chi connectivity index (χ2n) is 4.57. The van der Waals surface area contributed by atoms with E-state index in [0.717, 1.165) is 0 Å². The third-order valence-corrected chi connectivity index (χ3v) is 4.13. The Kier molecular flexibility index (Phi) is 4.66. The molecule has 1 aromatic carbocycles. The topological polar surface area (TPSA) is 110 Å². The van der Waals surface area contributed by atoms with Crippen LogP contribution in [0.5, 0.6) is 0 Å². The summed E-state index contributed by atoms with van der Waals surface area (Å²) in [6.07, 6.45) is 0. The Balaban J connectivity index is 3.05. The molecular weight excluding hydrogens is 268 g/mol. The first-order valence-corrected chi connectivity index (χ1v) is 7.04. The monoisotopic (exact) mass is 284 g/mol. The number of hydrogen-bond acceptors (Lipinski definition) is 5. The summed E-state index contributed by atoms with van der Waals surface area (Å²) in [7, 11) is -3.84. The molecule has 7 heteroatoms. The Labute approximate surface area is 112 Å². The molecule has 0 aromatic heterocycles. The molecule has 1 rings (SSSR count). The number of nitrogens with one attached hydrogen (secondary N) is 1. The molecule has 6 nitrogen and oxygen atoms in total. The number of aliphatic hydroxyl groups excluding tert-OH is 1. The van der Waals surface area contributed by atoms with Gasteiger partial charge in [-0.3, -0.25) is 0 Å². The first kappa shape index (κ1) is 15.6. The molecule has 1 unspecified atom stereocenters. The van der Waals surface area contributed by atoms with Crippen LogP contribution < -0.4 is 4.72 Å². The van der Waals surface area contributed by atoms with Crippen LogP contribution in [0.2, 0.25) is 0 Å². The zero-order chi connectivity index (χ0) is 14.7.